The van der Waals surface area contributed by atoms with Crippen LogP contribution in [0, 0.1) is 5.82 Å². The summed E-state index contributed by atoms with van der Waals surface area (Å²) in [6.07, 6.45) is -4.35. The summed E-state index contributed by atoms with van der Waals surface area (Å²) in [4.78, 5) is 13.5. The van der Waals surface area contributed by atoms with Crippen molar-refractivity contribution in [2.75, 3.05) is 0 Å². The fraction of sp³-hybridized carbons (Fsp3) is 0.143. The lowest BCUT2D eigenvalue weighted by molar-refractivity contribution is -0.138. The summed E-state index contributed by atoms with van der Waals surface area (Å²) in [6.45, 7) is 0. The lowest BCUT2D eigenvalue weighted by atomic mass is 10.2. The molecule has 2 N–H and O–H groups in total. The summed E-state index contributed by atoms with van der Waals surface area (Å²) < 4.78 is 48.9. The molecule has 0 saturated heterocycles. The van der Waals surface area contributed by atoms with Crippen LogP contribution in [0.4, 0.5) is 17.6 Å². The molecule has 1 aromatic rings. The Morgan fingerprint density at radius 2 is 1.93 bits per heavy atom. The number of primary amides is 1. The van der Waals surface area contributed by atoms with Crippen molar-refractivity contribution in [2.24, 2.45) is 5.73 Å². The molecule has 0 aliphatic rings. The Bertz CT molecular complexity index is 380. The van der Waals surface area contributed by atoms with E-state index in [4.69, 9.17) is 0 Å². The van der Waals surface area contributed by atoms with E-state index in [9.17, 15) is 22.4 Å². The second-order valence-electron chi connectivity index (χ2n) is 2.41. The fourth-order valence-electron chi connectivity index (χ4n) is 0.852. The molecule has 1 aromatic heterocycles. The van der Waals surface area contributed by atoms with Crippen molar-refractivity contribution >= 4 is 18.3 Å². The first-order valence-electron chi connectivity index (χ1n) is 3.35. The van der Waals surface area contributed by atoms with Gasteiger partial charge in [-0.05, 0) is 6.07 Å². The maximum absolute atomic E-state index is 12.4. The monoisotopic (exact) mass is 244 g/mol. The Labute approximate surface area is 87.7 Å². The molecule has 15 heavy (non-hydrogen) atoms. The third-order valence-corrected chi connectivity index (χ3v) is 1.39. The number of alkyl halides is 3. The molecule has 1 amide bonds. The van der Waals surface area contributed by atoms with E-state index < -0.39 is 29.2 Å². The molecule has 0 saturated carbocycles. The zero-order valence-electron chi connectivity index (χ0n) is 7.01. The zero-order chi connectivity index (χ0) is 10.9. The predicted molar refractivity (Wildman–Crippen MR) is 45.0 cm³/mol. The van der Waals surface area contributed by atoms with Gasteiger partial charge in [0.1, 0.15) is 11.5 Å². The Morgan fingerprint density at radius 3 is 2.33 bits per heavy atom. The molecule has 0 spiro atoms. The summed E-state index contributed by atoms with van der Waals surface area (Å²) in [7, 11) is 0. The van der Waals surface area contributed by atoms with E-state index in [0.29, 0.717) is 6.20 Å². The minimum absolute atomic E-state index is 0. The molecular weight excluding hydrogens is 240 g/mol. The van der Waals surface area contributed by atoms with Crippen molar-refractivity contribution < 1.29 is 22.4 Å². The smallest absolute Gasteiger partial charge is 0.364 e. The molecule has 84 valence electrons. The number of nitrogens with two attached hydrogens (primary N) is 1. The highest BCUT2D eigenvalue weighted by Gasteiger charge is 2.36. The van der Waals surface area contributed by atoms with E-state index in [1.807, 2.05) is 0 Å². The molecule has 0 radical (unpaired) electrons. The summed E-state index contributed by atoms with van der Waals surface area (Å²) in [5.74, 6) is -2.53. The molecule has 0 aromatic carbocycles. The number of carbonyl (C=O) groups is 1. The minimum atomic E-state index is -4.85. The molecule has 1 rings (SSSR count). The summed E-state index contributed by atoms with van der Waals surface area (Å²) in [5.41, 5.74) is 2.18. The topological polar surface area (TPSA) is 56.0 Å². The summed E-state index contributed by atoms with van der Waals surface area (Å²) in [6, 6.07) is 0.174. The molecule has 0 atom stereocenters. The maximum atomic E-state index is 12.4. The molecule has 1 heterocycles. The van der Waals surface area contributed by atoms with Crippen molar-refractivity contribution in [3.8, 4) is 0 Å². The van der Waals surface area contributed by atoms with Gasteiger partial charge in [0, 0.05) is 0 Å². The second-order valence-corrected chi connectivity index (χ2v) is 2.41. The van der Waals surface area contributed by atoms with Gasteiger partial charge in [-0.2, -0.15) is 13.2 Å². The fourth-order valence-corrected chi connectivity index (χ4v) is 0.852. The third kappa shape index (κ3) is 3.05. The van der Waals surface area contributed by atoms with E-state index in [-0.39, 0.29) is 18.5 Å². The van der Waals surface area contributed by atoms with E-state index >= 15 is 0 Å². The number of hydrogen-bond donors (Lipinski definition) is 1. The molecule has 0 aliphatic heterocycles. The average Bonchev–Trinajstić information content (AvgIpc) is 2.01. The number of aromatic nitrogens is 1. The van der Waals surface area contributed by atoms with E-state index in [2.05, 4.69) is 10.7 Å². The first-order valence-corrected chi connectivity index (χ1v) is 3.35. The van der Waals surface area contributed by atoms with Crippen LogP contribution in [0.2, 0.25) is 0 Å². The summed E-state index contributed by atoms with van der Waals surface area (Å²) in [5, 5.41) is 0. The van der Waals surface area contributed by atoms with Crippen LogP contribution in [0.3, 0.4) is 0 Å². The van der Waals surface area contributed by atoms with Crippen molar-refractivity contribution in [3.05, 3.63) is 29.3 Å². The Kier molecular flexibility index (Phi) is 4.03. The molecule has 3 nitrogen and oxygen atoms in total. The number of rotatable bonds is 1. The van der Waals surface area contributed by atoms with Crippen LogP contribution in [0.25, 0.3) is 0 Å². The Hall–Kier alpha value is -1.37. The van der Waals surface area contributed by atoms with E-state index in [1.54, 1.807) is 0 Å². The number of carbonyl (C=O) groups excluding carboxylic acids is 1. The normalized spacial score (nSPS) is 10.7. The van der Waals surface area contributed by atoms with Gasteiger partial charge in [0.25, 0.3) is 5.91 Å². The molecule has 0 bridgehead atoms. The second kappa shape index (κ2) is 4.43. The van der Waals surface area contributed by atoms with Gasteiger partial charge < -0.3 is 5.73 Å². The Morgan fingerprint density at radius 1 is 1.40 bits per heavy atom. The van der Waals surface area contributed by atoms with E-state index in [0.717, 1.165) is 0 Å². The van der Waals surface area contributed by atoms with Crippen LogP contribution in [0.15, 0.2) is 12.3 Å². The highest BCUT2D eigenvalue weighted by Crippen LogP contribution is 2.31. The largest absolute Gasteiger partial charge is 0.418 e. The van der Waals surface area contributed by atoms with Gasteiger partial charge in [-0.3, -0.25) is 4.79 Å². The quantitative estimate of drug-likeness (QED) is 0.766. The summed E-state index contributed by atoms with van der Waals surface area (Å²) >= 11 is 0. The van der Waals surface area contributed by atoms with Gasteiger partial charge in [-0.15, -0.1) is 12.4 Å². The number of nitrogens with zero attached hydrogens (tertiary/aromatic N) is 1. The number of hydrogen-bond acceptors (Lipinski definition) is 2. The van der Waals surface area contributed by atoms with Crippen LogP contribution in [-0.4, -0.2) is 10.9 Å². The third-order valence-electron chi connectivity index (χ3n) is 1.39. The van der Waals surface area contributed by atoms with Crippen LogP contribution in [0.5, 0.6) is 0 Å². The number of pyridine rings is 1. The molecule has 0 aliphatic carbocycles. The predicted octanol–water partition coefficient (Wildman–Crippen LogP) is 1.76. The zero-order valence-corrected chi connectivity index (χ0v) is 7.82. The van der Waals surface area contributed by atoms with Crippen molar-refractivity contribution in [3.63, 3.8) is 0 Å². The number of halogens is 5. The molecule has 0 fully saturated rings. The van der Waals surface area contributed by atoms with Gasteiger partial charge in [-0.25, -0.2) is 9.37 Å². The van der Waals surface area contributed by atoms with Crippen molar-refractivity contribution in [1.82, 2.24) is 4.98 Å². The highest BCUT2D eigenvalue weighted by atomic mass is 35.5. The van der Waals surface area contributed by atoms with Crippen LogP contribution < -0.4 is 5.73 Å². The number of amides is 1. The average molecular weight is 245 g/mol. The van der Waals surface area contributed by atoms with Crippen LogP contribution in [-0.2, 0) is 6.18 Å². The molecule has 0 unspecified atom stereocenters. The lowest BCUT2D eigenvalue weighted by Crippen LogP contribution is -2.20. The first-order chi connectivity index (χ1) is 6.32. The van der Waals surface area contributed by atoms with Crippen molar-refractivity contribution in [1.29, 1.82) is 0 Å². The molecule has 8 heteroatoms. The van der Waals surface area contributed by atoms with Crippen molar-refractivity contribution in [2.45, 2.75) is 6.18 Å². The highest BCUT2D eigenvalue weighted by molar-refractivity contribution is 5.92. The minimum Gasteiger partial charge on any atom is -0.364 e. The van der Waals surface area contributed by atoms with Gasteiger partial charge in [-0.1, -0.05) is 0 Å². The Balaban J connectivity index is 0.00000196. The maximum Gasteiger partial charge on any atom is 0.418 e. The van der Waals surface area contributed by atoms with E-state index in [1.165, 1.54) is 0 Å². The van der Waals surface area contributed by atoms with Gasteiger partial charge in [0.15, 0.2) is 0 Å². The van der Waals surface area contributed by atoms with Crippen LogP contribution in [0.1, 0.15) is 16.1 Å². The SMILES string of the molecule is Cl.NC(=O)c1ncc(F)cc1C(F)(F)F. The van der Waals surface area contributed by atoms with Gasteiger partial charge in [0.2, 0.25) is 0 Å². The van der Waals surface area contributed by atoms with Crippen LogP contribution >= 0.6 is 12.4 Å². The van der Waals surface area contributed by atoms with Gasteiger partial charge in [0.05, 0.1) is 11.8 Å². The first kappa shape index (κ1) is 13.6. The van der Waals surface area contributed by atoms with Gasteiger partial charge >= 0.3 is 6.18 Å². The lowest BCUT2D eigenvalue weighted by Gasteiger charge is -2.08. The molecular formula is C7H5ClF4N2O. The standard InChI is InChI=1S/C7H4F4N2O.ClH/c8-3-1-4(7(9,10)11)5(6(12)14)13-2-3;/h1-2H,(H2,12,14);1H.